The first kappa shape index (κ1) is 12.1. The Kier molecular flexibility index (Phi) is 4.54. The van der Waals surface area contributed by atoms with E-state index in [1.807, 2.05) is 0 Å². The van der Waals surface area contributed by atoms with Crippen LogP contribution in [0.15, 0.2) is 5.38 Å². The summed E-state index contributed by atoms with van der Waals surface area (Å²) in [5, 5.41) is 4.18. The van der Waals surface area contributed by atoms with Crippen molar-refractivity contribution in [2.24, 2.45) is 5.41 Å². The molecule has 14 heavy (non-hydrogen) atoms. The predicted molar refractivity (Wildman–Crippen MR) is 64.1 cm³/mol. The van der Waals surface area contributed by atoms with Crippen molar-refractivity contribution in [1.29, 1.82) is 0 Å². The number of nitrogens with zero attached hydrogens (tertiary/aromatic N) is 1. The highest BCUT2D eigenvalue weighted by atomic mass is 79.9. The smallest absolute Gasteiger partial charge is 0.119 e. The van der Waals surface area contributed by atoms with Crippen LogP contribution in [0.4, 0.5) is 0 Å². The molecule has 0 fully saturated rings. The number of halogens is 1. The summed E-state index contributed by atoms with van der Waals surface area (Å²) in [6, 6.07) is 0. The van der Waals surface area contributed by atoms with Crippen molar-refractivity contribution >= 4 is 27.3 Å². The van der Waals surface area contributed by atoms with Crippen LogP contribution in [0.5, 0.6) is 0 Å². The van der Waals surface area contributed by atoms with E-state index < -0.39 is 0 Å². The van der Waals surface area contributed by atoms with Crippen LogP contribution in [0.2, 0.25) is 0 Å². The van der Waals surface area contributed by atoms with Gasteiger partial charge >= 0.3 is 0 Å². The van der Waals surface area contributed by atoms with Crippen LogP contribution in [0.3, 0.4) is 0 Å². The van der Waals surface area contributed by atoms with Crippen LogP contribution < -0.4 is 0 Å². The van der Waals surface area contributed by atoms with E-state index in [1.54, 1.807) is 18.4 Å². The molecule has 0 spiro atoms. The zero-order valence-electron chi connectivity index (χ0n) is 8.84. The summed E-state index contributed by atoms with van der Waals surface area (Å²) in [6.07, 6.45) is 1.01. The van der Waals surface area contributed by atoms with Gasteiger partial charge in [0, 0.05) is 17.8 Å². The first-order valence-corrected chi connectivity index (χ1v) is 6.56. The lowest BCUT2D eigenvalue weighted by Crippen LogP contribution is -2.16. The van der Waals surface area contributed by atoms with Gasteiger partial charge in [0.2, 0.25) is 0 Å². The topological polar surface area (TPSA) is 22.1 Å². The lowest BCUT2D eigenvalue weighted by atomic mass is 9.91. The Morgan fingerprint density at radius 2 is 2.29 bits per heavy atom. The molecule has 80 valence electrons. The Bertz CT molecular complexity index is 285. The summed E-state index contributed by atoms with van der Waals surface area (Å²) in [7, 11) is 1.70. The van der Waals surface area contributed by atoms with E-state index >= 15 is 0 Å². The monoisotopic (exact) mass is 277 g/mol. The molecule has 0 unspecified atom stereocenters. The van der Waals surface area contributed by atoms with E-state index in [9.17, 15) is 0 Å². The maximum atomic E-state index is 5.04. The molecule has 0 aromatic carbocycles. The quantitative estimate of drug-likeness (QED) is 0.771. The van der Waals surface area contributed by atoms with Crippen LogP contribution in [-0.4, -0.2) is 17.4 Å². The number of ether oxygens (including phenoxy) is 1. The molecule has 0 saturated heterocycles. The summed E-state index contributed by atoms with van der Waals surface area (Å²) in [6.45, 7) is 5.09. The number of hydrogen-bond acceptors (Lipinski definition) is 3. The highest BCUT2D eigenvalue weighted by Crippen LogP contribution is 2.25. The van der Waals surface area contributed by atoms with E-state index in [0.29, 0.717) is 6.61 Å². The number of alkyl halides is 1. The van der Waals surface area contributed by atoms with Crippen LogP contribution in [0, 0.1) is 5.41 Å². The van der Waals surface area contributed by atoms with Crippen molar-refractivity contribution in [3.8, 4) is 0 Å². The second-order valence-electron chi connectivity index (χ2n) is 4.14. The Hall–Kier alpha value is 0.0700. The Labute approximate surface area is 97.8 Å². The van der Waals surface area contributed by atoms with E-state index in [0.717, 1.165) is 16.8 Å². The van der Waals surface area contributed by atoms with Crippen molar-refractivity contribution < 1.29 is 4.74 Å². The van der Waals surface area contributed by atoms with Gasteiger partial charge in [0.05, 0.1) is 12.3 Å². The van der Waals surface area contributed by atoms with Gasteiger partial charge in [-0.3, -0.25) is 0 Å². The van der Waals surface area contributed by atoms with E-state index in [-0.39, 0.29) is 5.41 Å². The third kappa shape index (κ3) is 3.67. The summed E-state index contributed by atoms with van der Waals surface area (Å²) in [5.41, 5.74) is 1.45. The van der Waals surface area contributed by atoms with E-state index in [4.69, 9.17) is 4.74 Å². The van der Waals surface area contributed by atoms with Crippen molar-refractivity contribution in [3.63, 3.8) is 0 Å². The number of methoxy groups -OCH3 is 1. The Balaban J connectivity index is 2.59. The van der Waals surface area contributed by atoms with Crippen molar-refractivity contribution in [3.05, 3.63) is 16.1 Å². The maximum Gasteiger partial charge on any atom is 0.119 e. The normalized spacial score (nSPS) is 12.0. The van der Waals surface area contributed by atoms with Gasteiger partial charge in [0.15, 0.2) is 0 Å². The maximum absolute atomic E-state index is 5.04. The highest BCUT2D eigenvalue weighted by Gasteiger charge is 2.18. The second kappa shape index (κ2) is 5.24. The molecule has 0 aliphatic heterocycles. The standard InChI is InChI=1S/C10H16BrNOS/c1-10(2,7-11)4-8-6-14-9(12-8)5-13-3/h6H,4-5,7H2,1-3H3. The van der Waals surface area contributed by atoms with Gasteiger partial charge in [-0.2, -0.15) is 0 Å². The Morgan fingerprint density at radius 3 is 2.86 bits per heavy atom. The number of rotatable bonds is 5. The molecule has 4 heteroatoms. The molecular weight excluding hydrogens is 262 g/mol. The minimum atomic E-state index is 0.276. The zero-order valence-corrected chi connectivity index (χ0v) is 11.2. The zero-order chi connectivity index (χ0) is 10.6. The van der Waals surface area contributed by atoms with Crippen LogP contribution in [-0.2, 0) is 17.8 Å². The fraction of sp³-hybridized carbons (Fsp3) is 0.700. The SMILES string of the molecule is COCc1nc(CC(C)(C)CBr)cs1. The fourth-order valence-corrected chi connectivity index (χ4v) is 2.12. The molecule has 0 bridgehead atoms. The van der Waals surface area contributed by atoms with Crippen molar-refractivity contribution in [2.45, 2.75) is 26.9 Å². The summed E-state index contributed by atoms with van der Waals surface area (Å²) in [4.78, 5) is 4.51. The van der Waals surface area contributed by atoms with Gasteiger partial charge in [-0.25, -0.2) is 4.98 Å². The van der Waals surface area contributed by atoms with Crippen LogP contribution in [0.25, 0.3) is 0 Å². The minimum Gasteiger partial charge on any atom is -0.378 e. The predicted octanol–water partition coefficient (Wildman–Crippen LogP) is 3.25. The van der Waals surface area contributed by atoms with Crippen LogP contribution in [0.1, 0.15) is 24.5 Å². The summed E-state index contributed by atoms with van der Waals surface area (Å²) in [5.74, 6) is 0. The van der Waals surface area contributed by atoms with Gasteiger partial charge in [-0.15, -0.1) is 11.3 Å². The molecule has 0 saturated carbocycles. The summed E-state index contributed by atoms with van der Waals surface area (Å²) < 4.78 is 5.04. The molecule has 1 aromatic heterocycles. The van der Waals surface area contributed by atoms with E-state index in [1.165, 1.54) is 5.69 Å². The molecule has 1 rings (SSSR count). The molecule has 0 aliphatic carbocycles. The van der Waals surface area contributed by atoms with Gasteiger partial charge < -0.3 is 4.74 Å². The average molecular weight is 278 g/mol. The molecule has 0 atom stereocenters. The average Bonchev–Trinajstić information content (AvgIpc) is 2.53. The lowest BCUT2D eigenvalue weighted by molar-refractivity contribution is 0.184. The van der Waals surface area contributed by atoms with Gasteiger partial charge in [0.1, 0.15) is 5.01 Å². The summed E-state index contributed by atoms with van der Waals surface area (Å²) >= 11 is 5.19. The molecule has 2 nitrogen and oxygen atoms in total. The number of aromatic nitrogens is 1. The molecule has 1 heterocycles. The largest absolute Gasteiger partial charge is 0.378 e. The molecular formula is C10H16BrNOS. The van der Waals surface area contributed by atoms with Crippen molar-refractivity contribution in [1.82, 2.24) is 4.98 Å². The third-order valence-electron chi connectivity index (χ3n) is 1.89. The first-order valence-electron chi connectivity index (χ1n) is 4.55. The number of thiazole rings is 1. The van der Waals surface area contributed by atoms with Gasteiger partial charge in [0.25, 0.3) is 0 Å². The lowest BCUT2D eigenvalue weighted by Gasteiger charge is -2.19. The molecule has 0 aliphatic rings. The van der Waals surface area contributed by atoms with Crippen molar-refractivity contribution in [2.75, 3.05) is 12.4 Å². The molecule has 0 amide bonds. The minimum absolute atomic E-state index is 0.276. The highest BCUT2D eigenvalue weighted by molar-refractivity contribution is 9.09. The van der Waals surface area contributed by atoms with Gasteiger partial charge in [-0.1, -0.05) is 29.8 Å². The second-order valence-corrected chi connectivity index (χ2v) is 5.64. The van der Waals surface area contributed by atoms with Crippen LogP contribution >= 0.6 is 27.3 Å². The fourth-order valence-electron chi connectivity index (χ4n) is 1.16. The molecule has 0 radical (unpaired) electrons. The molecule has 1 aromatic rings. The first-order chi connectivity index (χ1) is 6.57. The van der Waals surface area contributed by atoms with Gasteiger partial charge in [-0.05, 0) is 11.8 Å². The number of hydrogen-bond donors (Lipinski definition) is 0. The molecule has 0 N–H and O–H groups in total. The Morgan fingerprint density at radius 1 is 1.57 bits per heavy atom. The van der Waals surface area contributed by atoms with E-state index in [2.05, 4.69) is 40.1 Å². The third-order valence-corrected chi connectivity index (χ3v) is 4.28.